The first kappa shape index (κ1) is 19.6. The Hall–Kier alpha value is -2.73. The number of thioether (sulfide) groups is 1. The van der Waals surface area contributed by atoms with Crippen LogP contribution in [0.5, 0.6) is 5.75 Å². The number of carbonyl (C=O) groups excluding carboxylic acids is 2. The van der Waals surface area contributed by atoms with Crippen molar-refractivity contribution in [1.29, 1.82) is 0 Å². The number of rotatable bonds is 10. The van der Waals surface area contributed by atoms with E-state index in [2.05, 4.69) is 17.4 Å². The first-order valence-electron chi connectivity index (χ1n) is 8.28. The van der Waals surface area contributed by atoms with Crippen molar-refractivity contribution in [2.45, 2.75) is 11.3 Å². The van der Waals surface area contributed by atoms with Gasteiger partial charge < -0.3 is 15.8 Å². The lowest BCUT2D eigenvalue weighted by Gasteiger charge is -2.04. The molecule has 26 heavy (non-hydrogen) atoms. The molecule has 0 heterocycles. The van der Waals surface area contributed by atoms with Gasteiger partial charge in [-0.15, -0.1) is 11.8 Å². The van der Waals surface area contributed by atoms with E-state index in [0.717, 1.165) is 17.7 Å². The summed E-state index contributed by atoms with van der Waals surface area (Å²) in [6, 6.07) is 17.2. The molecule has 0 radical (unpaired) electrons. The van der Waals surface area contributed by atoms with E-state index in [1.807, 2.05) is 18.2 Å². The number of amides is 2. The van der Waals surface area contributed by atoms with Crippen LogP contribution in [-0.2, 0) is 9.59 Å². The average molecular weight is 370 g/mol. The summed E-state index contributed by atoms with van der Waals surface area (Å²) < 4.78 is 5.18. The minimum Gasteiger partial charge on any atom is -0.484 e. The van der Waals surface area contributed by atoms with Gasteiger partial charge >= 0.3 is 0 Å². The van der Waals surface area contributed by atoms with Crippen molar-refractivity contribution >= 4 is 29.7 Å². The van der Waals surface area contributed by atoms with Gasteiger partial charge in [0.05, 0.1) is 0 Å². The molecule has 0 saturated heterocycles. The second-order valence-corrected chi connectivity index (χ2v) is 6.63. The molecule has 0 aliphatic rings. The molecule has 0 saturated carbocycles. The fourth-order valence-electron chi connectivity index (χ4n) is 2.05. The molecule has 2 aromatic carbocycles. The highest BCUT2D eigenvalue weighted by Gasteiger charge is 1.99. The molecule has 0 atom stereocenters. The molecule has 0 unspecified atom stereocenters. The van der Waals surface area contributed by atoms with Crippen molar-refractivity contribution in [3.8, 4) is 5.75 Å². The fraction of sp³-hybridized carbons (Fsp3) is 0.200. The Morgan fingerprint density at radius 1 is 1.08 bits per heavy atom. The number of primary amides is 1. The quantitative estimate of drug-likeness (QED) is 0.383. The predicted octanol–water partition coefficient (Wildman–Crippen LogP) is 2.86. The van der Waals surface area contributed by atoms with Gasteiger partial charge in [-0.05, 0) is 48.1 Å². The number of hydrogen-bond donors (Lipinski definition) is 2. The Morgan fingerprint density at radius 3 is 2.50 bits per heavy atom. The highest BCUT2D eigenvalue weighted by Crippen LogP contribution is 2.17. The Labute approximate surface area is 157 Å². The Morgan fingerprint density at radius 2 is 1.81 bits per heavy atom. The summed E-state index contributed by atoms with van der Waals surface area (Å²) in [7, 11) is 0. The van der Waals surface area contributed by atoms with Crippen LogP contribution in [0.2, 0.25) is 0 Å². The predicted molar refractivity (Wildman–Crippen MR) is 105 cm³/mol. The number of benzene rings is 2. The van der Waals surface area contributed by atoms with Crippen molar-refractivity contribution in [3.63, 3.8) is 0 Å². The standard InChI is InChI=1S/C20H22N2O3S/c21-19(23)15-25-17-10-7-16(8-11-17)9-12-20(24)22-13-4-14-26-18-5-2-1-3-6-18/h1-3,5-12H,4,13-15H2,(H2,21,23)(H,22,24)/b12-9+. The molecule has 136 valence electrons. The molecule has 2 amide bonds. The van der Waals surface area contributed by atoms with Crippen LogP contribution >= 0.6 is 11.8 Å². The van der Waals surface area contributed by atoms with Gasteiger partial charge in [0.15, 0.2) is 6.61 Å². The molecule has 2 rings (SSSR count). The zero-order valence-corrected chi connectivity index (χ0v) is 15.2. The molecule has 0 aliphatic carbocycles. The highest BCUT2D eigenvalue weighted by atomic mass is 32.2. The third-order valence-corrected chi connectivity index (χ3v) is 4.42. The van der Waals surface area contributed by atoms with Gasteiger partial charge in [0.25, 0.3) is 5.91 Å². The zero-order valence-electron chi connectivity index (χ0n) is 14.4. The summed E-state index contributed by atoms with van der Waals surface area (Å²) in [5, 5.41) is 2.87. The number of carbonyl (C=O) groups is 2. The number of nitrogens with one attached hydrogen (secondary N) is 1. The first-order chi connectivity index (χ1) is 12.6. The average Bonchev–Trinajstić information content (AvgIpc) is 2.66. The minimum atomic E-state index is -0.521. The van der Waals surface area contributed by atoms with Crippen molar-refractivity contribution in [2.75, 3.05) is 18.9 Å². The van der Waals surface area contributed by atoms with Gasteiger partial charge in [0.1, 0.15) is 5.75 Å². The maximum absolute atomic E-state index is 11.8. The molecule has 3 N–H and O–H groups in total. The summed E-state index contributed by atoms with van der Waals surface area (Å²) >= 11 is 1.78. The van der Waals surface area contributed by atoms with E-state index in [9.17, 15) is 9.59 Å². The zero-order chi connectivity index (χ0) is 18.6. The van der Waals surface area contributed by atoms with Crippen molar-refractivity contribution < 1.29 is 14.3 Å². The van der Waals surface area contributed by atoms with Crippen LogP contribution in [0.25, 0.3) is 6.08 Å². The van der Waals surface area contributed by atoms with Crippen LogP contribution in [-0.4, -0.2) is 30.7 Å². The van der Waals surface area contributed by atoms with E-state index in [-0.39, 0.29) is 12.5 Å². The van der Waals surface area contributed by atoms with Crippen molar-refractivity contribution in [3.05, 3.63) is 66.2 Å². The van der Waals surface area contributed by atoms with Gasteiger partial charge in [-0.1, -0.05) is 30.3 Å². The van der Waals surface area contributed by atoms with Crippen molar-refractivity contribution in [2.24, 2.45) is 5.73 Å². The summed E-state index contributed by atoms with van der Waals surface area (Å²) in [4.78, 5) is 23.7. The molecule has 0 fully saturated rings. The van der Waals surface area contributed by atoms with Gasteiger partial charge in [0.2, 0.25) is 5.91 Å². The molecule has 2 aromatic rings. The van der Waals surface area contributed by atoms with Gasteiger partial charge in [-0.2, -0.15) is 0 Å². The van der Waals surface area contributed by atoms with Crippen LogP contribution in [0.3, 0.4) is 0 Å². The maximum atomic E-state index is 11.8. The molecule has 0 aromatic heterocycles. The second kappa shape index (κ2) is 11.0. The summed E-state index contributed by atoms with van der Waals surface area (Å²) in [6.45, 7) is 0.489. The van der Waals surface area contributed by atoms with E-state index in [4.69, 9.17) is 10.5 Å². The molecule has 6 heteroatoms. The largest absolute Gasteiger partial charge is 0.484 e. The summed E-state index contributed by atoms with van der Waals surface area (Å²) in [6.07, 6.45) is 4.14. The van der Waals surface area contributed by atoms with Crippen LogP contribution < -0.4 is 15.8 Å². The molecular weight excluding hydrogens is 348 g/mol. The third kappa shape index (κ3) is 7.90. The van der Waals surface area contributed by atoms with Crippen LogP contribution in [0.15, 0.2) is 65.6 Å². The van der Waals surface area contributed by atoms with E-state index < -0.39 is 5.91 Å². The lowest BCUT2D eigenvalue weighted by molar-refractivity contribution is -0.120. The van der Waals surface area contributed by atoms with Gasteiger partial charge in [0, 0.05) is 17.5 Å². The van der Waals surface area contributed by atoms with Gasteiger partial charge in [-0.25, -0.2) is 0 Å². The second-order valence-electron chi connectivity index (χ2n) is 5.46. The summed E-state index contributed by atoms with van der Waals surface area (Å²) in [5.41, 5.74) is 5.89. The summed E-state index contributed by atoms with van der Waals surface area (Å²) in [5.74, 6) is 0.874. The van der Waals surface area contributed by atoms with E-state index in [1.54, 1.807) is 42.1 Å². The SMILES string of the molecule is NC(=O)COc1ccc(/C=C/C(=O)NCCCSc2ccccc2)cc1. The number of ether oxygens (including phenoxy) is 1. The van der Waals surface area contributed by atoms with E-state index in [1.165, 1.54) is 11.0 Å². The molecule has 0 aliphatic heterocycles. The monoisotopic (exact) mass is 370 g/mol. The molecule has 0 bridgehead atoms. The highest BCUT2D eigenvalue weighted by molar-refractivity contribution is 7.99. The topological polar surface area (TPSA) is 81.4 Å². The van der Waals surface area contributed by atoms with E-state index in [0.29, 0.717) is 12.3 Å². The van der Waals surface area contributed by atoms with Crippen LogP contribution in [0, 0.1) is 0 Å². The third-order valence-electron chi connectivity index (χ3n) is 3.32. The fourth-order valence-corrected chi connectivity index (χ4v) is 2.92. The lowest BCUT2D eigenvalue weighted by Crippen LogP contribution is -2.22. The smallest absolute Gasteiger partial charge is 0.255 e. The molecular formula is C20H22N2O3S. The lowest BCUT2D eigenvalue weighted by atomic mass is 10.2. The maximum Gasteiger partial charge on any atom is 0.255 e. The number of nitrogens with two attached hydrogens (primary N) is 1. The van der Waals surface area contributed by atoms with Gasteiger partial charge in [-0.3, -0.25) is 9.59 Å². The molecule has 5 nitrogen and oxygen atoms in total. The molecule has 0 spiro atoms. The normalized spacial score (nSPS) is 10.6. The van der Waals surface area contributed by atoms with Crippen molar-refractivity contribution in [1.82, 2.24) is 5.32 Å². The first-order valence-corrected chi connectivity index (χ1v) is 9.27. The van der Waals surface area contributed by atoms with E-state index >= 15 is 0 Å². The van der Waals surface area contributed by atoms with Crippen LogP contribution in [0.1, 0.15) is 12.0 Å². The van der Waals surface area contributed by atoms with Crippen LogP contribution in [0.4, 0.5) is 0 Å². The minimum absolute atomic E-state index is 0.122. The Balaban J connectivity index is 1.64. The Kier molecular flexibility index (Phi) is 8.29. The number of hydrogen-bond acceptors (Lipinski definition) is 4. The Bertz CT molecular complexity index is 730.